The Morgan fingerprint density at radius 1 is 1.16 bits per heavy atom. The van der Waals surface area contributed by atoms with Crippen molar-refractivity contribution in [1.82, 2.24) is 0 Å². The van der Waals surface area contributed by atoms with Crippen molar-refractivity contribution >= 4 is 50.4 Å². The minimum atomic E-state index is -0.282. The number of carbonyl (C=O) groups is 1. The highest BCUT2D eigenvalue weighted by Crippen LogP contribution is 2.52. The molecule has 1 atom stereocenters. The van der Waals surface area contributed by atoms with Gasteiger partial charge in [-0.1, -0.05) is 44.2 Å². The third-order valence-electron chi connectivity index (χ3n) is 6.42. The molecule has 0 radical (unpaired) electrons. The highest BCUT2D eigenvalue weighted by molar-refractivity contribution is 14.1. The molecule has 1 unspecified atom stereocenters. The van der Waals surface area contributed by atoms with Gasteiger partial charge in [-0.2, -0.15) is 0 Å². The zero-order chi connectivity index (χ0) is 22.6. The van der Waals surface area contributed by atoms with Gasteiger partial charge in [-0.05, 0) is 81.5 Å². The quantitative estimate of drug-likeness (QED) is 0.357. The van der Waals surface area contributed by atoms with E-state index in [9.17, 15) is 9.90 Å². The van der Waals surface area contributed by atoms with Crippen LogP contribution in [0.5, 0.6) is 11.5 Å². The fourth-order valence-electron chi connectivity index (χ4n) is 5.11. The minimum Gasteiger partial charge on any atom is -0.504 e. The normalized spacial score (nSPS) is 19.4. The maximum atomic E-state index is 13.6. The summed E-state index contributed by atoms with van der Waals surface area (Å²) in [5.74, 6) is 0.781. The van der Waals surface area contributed by atoms with Gasteiger partial charge in [0.1, 0.15) is 0 Å². The van der Waals surface area contributed by atoms with Gasteiger partial charge in [0.25, 0.3) is 0 Å². The molecule has 5 rings (SSSR count). The van der Waals surface area contributed by atoms with Crippen molar-refractivity contribution in [2.75, 3.05) is 11.9 Å². The number of nitrogens with one attached hydrogen (secondary N) is 1. The molecule has 0 spiro atoms. The Balaban J connectivity index is 1.77. The van der Waals surface area contributed by atoms with Gasteiger partial charge < -0.3 is 15.2 Å². The number of hydrogen-bond acceptors (Lipinski definition) is 4. The number of anilines is 1. The highest BCUT2D eigenvalue weighted by atomic mass is 127. The summed E-state index contributed by atoms with van der Waals surface area (Å²) in [4.78, 5) is 13.6. The summed E-state index contributed by atoms with van der Waals surface area (Å²) in [6.07, 6.45) is 1.37. The molecule has 0 saturated carbocycles. The summed E-state index contributed by atoms with van der Waals surface area (Å²) in [6.45, 7) is 6.70. The van der Waals surface area contributed by atoms with Gasteiger partial charge in [0.15, 0.2) is 17.3 Å². The number of ketones is 1. The van der Waals surface area contributed by atoms with Crippen LogP contribution in [0.4, 0.5) is 5.69 Å². The van der Waals surface area contributed by atoms with Crippen LogP contribution in [-0.2, 0) is 4.79 Å². The summed E-state index contributed by atoms with van der Waals surface area (Å²) in [5.41, 5.74) is 5.01. The predicted octanol–water partition coefficient (Wildman–Crippen LogP) is 6.86. The number of carbonyl (C=O) groups excluding carboxylic acids is 1. The van der Waals surface area contributed by atoms with Gasteiger partial charge in [-0.15, -0.1) is 0 Å². The van der Waals surface area contributed by atoms with E-state index in [4.69, 9.17) is 4.74 Å². The fraction of sp³-hybridized carbons (Fsp3) is 0.296. The lowest BCUT2D eigenvalue weighted by Crippen LogP contribution is -2.33. The van der Waals surface area contributed by atoms with Gasteiger partial charge in [-0.3, -0.25) is 4.79 Å². The van der Waals surface area contributed by atoms with Crippen molar-refractivity contribution in [2.45, 2.75) is 39.7 Å². The largest absolute Gasteiger partial charge is 0.504 e. The molecule has 0 amide bonds. The molecule has 32 heavy (non-hydrogen) atoms. The Morgan fingerprint density at radius 2 is 1.94 bits per heavy atom. The van der Waals surface area contributed by atoms with E-state index in [0.717, 1.165) is 34.4 Å². The number of hydrogen-bond donors (Lipinski definition) is 2. The van der Waals surface area contributed by atoms with Crippen molar-refractivity contribution in [2.24, 2.45) is 5.41 Å². The molecule has 0 fully saturated rings. The Hall–Kier alpha value is -2.54. The van der Waals surface area contributed by atoms with Crippen LogP contribution in [0, 0.1) is 8.99 Å². The molecule has 2 N–H and O–H groups in total. The molecule has 0 bridgehead atoms. The summed E-state index contributed by atoms with van der Waals surface area (Å²) in [5, 5.41) is 16.5. The average molecular weight is 539 g/mol. The van der Waals surface area contributed by atoms with Crippen molar-refractivity contribution in [1.29, 1.82) is 0 Å². The molecule has 1 heterocycles. The second-order valence-corrected chi connectivity index (χ2v) is 10.6. The van der Waals surface area contributed by atoms with Gasteiger partial charge in [0, 0.05) is 23.2 Å². The maximum absolute atomic E-state index is 13.6. The standard InChI is InChI=1S/C27H26INO3/c1-4-32-22-12-16(11-19(28)26(22)31)25-24-18(13-27(2,3)14-21(24)30)23-17-8-6-5-7-15(17)9-10-20(23)29-25/h5-12,25,29,31H,4,13-14H2,1-3H3. The van der Waals surface area contributed by atoms with Crippen molar-refractivity contribution in [3.8, 4) is 11.5 Å². The smallest absolute Gasteiger partial charge is 0.171 e. The van der Waals surface area contributed by atoms with Gasteiger partial charge in [0.2, 0.25) is 0 Å². The van der Waals surface area contributed by atoms with Crippen LogP contribution in [0.3, 0.4) is 0 Å². The van der Waals surface area contributed by atoms with Gasteiger partial charge in [0.05, 0.1) is 16.2 Å². The van der Waals surface area contributed by atoms with Crippen LogP contribution in [-0.4, -0.2) is 17.5 Å². The highest BCUT2D eigenvalue weighted by Gasteiger charge is 2.41. The average Bonchev–Trinajstić information content (AvgIpc) is 2.75. The number of aromatic hydroxyl groups is 1. The van der Waals surface area contributed by atoms with Crippen LogP contribution >= 0.6 is 22.6 Å². The molecular formula is C27H26INO3. The first kappa shape index (κ1) is 21.3. The number of allylic oxidation sites excluding steroid dienone is 1. The summed E-state index contributed by atoms with van der Waals surface area (Å²) >= 11 is 2.12. The Labute approximate surface area is 201 Å². The third kappa shape index (κ3) is 3.47. The van der Waals surface area contributed by atoms with E-state index in [2.05, 4.69) is 72.1 Å². The molecule has 1 aliphatic carbocycles. The van der Waals surface area contributed by atoms with Crippen LogP contribution in [0.25, 0.3) is 16.3 Å². The Bertz CT molecular complexity index is 1290. The summed E-state index contributed by atoms with van der Waals surface area (Å²) in [6, 6.07) is 16.1. The van der Waals surface area contributed by atoms with Crippen molar-refractivity contribution in [3.05, 3.63) is 68.8 Å². The molecule has 3 aromatic rings. The molecule has 3 aromatic carbocycles. The SMILES string of the molecule is CCOc1cc(C2Nc3ccc4ccccc4c3C3=C2C(=O)CC(C)(C)C3)cc(I)c1O. The summed E-state index contributed by atoms with van der Waals surface area (Å²) < 4.78 is 6.40. The van der Waals surface area contributed by atoms with E-state index >= 15 is 0 Å². The van der Waals surface area contributed by atoms with Gasteiger partial charge >= 0.3 is 0 Å². The third-order valence-corrected chi connectivity index (χ3v) is 7.25. The number of Topliss-reactive ketones (excluding diaryl/α,β-unsaturated/α-hetero) is 1. The molecule has 2 aliphatic rings. The second kappa shape index (κ2) is 7.80. The number of halogens is 1. The Kier molecular flexibility index (Phi) is 5.19. The monoisotopic (exact) mass is 539 g/mol. The first-order chi connectivity index (χ1) is 15.3. The molecule has 0 aromatic heterocycles. The van der Waals surface area contributed by atoms with E-state index in [1.54, 1.807) is 0 Å². The van der Waals surface area contributed by atoms with Crippen LogP contribution in [0.1, 0.15) is 50.8 Å². The topological polar surface area (TPSA) is 58.6 Å². The molecule has 4 nitrogen and oxygen atoms in total. The zero-order valence-electron chi connectivity index (χ0n) is 18.5. The van der Waals surface area contributed by atoms with E-state index < -0.39 is 0 Å². The second-order valence-electron chi connectivity index (χ2n) is 9.40. The lowest BCUT2D eigenvalue weighted by molar-refractivity contribution is -0.118. The predicted molar refractivity (Wildman–Crippen MR) is 137 cm³/mol. The molecular weight excluding hydrogens is 513 g/mol. The van der Waals surface area contributed by atoms with E-state index in [0.29, 0.717) is 22.3 Å². The number of rotatable bonds is 3. The Morgan fingerprint density at radius 3 is 2.72 bits per heavy atom. The van der Waals surface area contributed by atoms with Gasteiger partial charge in [-0.25, -0.2) is 0 Å². The zero-order valence-corrected chi connectivity index (χ0v) is 20.6. The van der Waals surface area contributed by atoms with Crippen molar-refractivity contribution < 1.29 is 14.6 Å². The minimum absolute atomic E-state index is 0.0914. The summed E-state index contributed by atoms with van der Waals surface area (Å²) in [7, 11) is 0. The van der Waals surface area contributed by atoms with Crippen molar-refractivity contribution in [3.63, 3.8) is 0 Å². The van der Waals surface area contributed by atoms with Crippen LogP contribution < -0.4 is 10.1 Å². The molecule has 0 saturated heterocycles. The number of fused-ring (bicyclic) bond motifs is 4. The first-order valence-electron chi connectivity index (χ1n) is 11.0. The number of phenolic OH excluding ortho intramolecular Hbond substituents is 1. The fourth-order valence-corrected chi connectivity index (χ4v) is 5.74. The molecule has 164 valence electrons. The van der Waals surface area contributed by atoms with E-state index in [1.807, 2.05) is 25.1 Å². The number of phenols is 1. The number of benzene rings is 3. The van der Waals surface area contributed by atoms with Crippen LogP contribution in [0.15, 0.2) is 54.1 Å². The molecule has 5 heteroatoms. The molecule has 1 aliphatic heterocycles. The number of ether oxygens (including phenoxy) is 1. The first-order valence-corrected chi connectivity index (χ1v) is 12.1. The maximum Gasteiger partial charge on any atom is 0.171 e. The van der Waals surface area contributed by atoms with E-state index in [1.165, 1.54) is 10.8 Å². The lowest BCUT2D eigenvalue weighted by Gasteiger charge is -2.40. The van der Waals surface area contributed by atoms with E-state index in [-0.39, 0.29) is 23.0 Å². The lowest BCUT2D eigenvalue weighted by atomic mass is 9.68. The van der Waals surface area contributed by atoms with Crippen LogP contribution in [0.2, 0.25) is 0 Å².